The van der Waals surface area contributed by atoms with Crippen LogP contribution in [0.3, 0.4) is 0 Å². The number of nitrogens with zero attached hydrogens (tertiary/aromatic N) is 1. The zero-order valence-electron chi connectivity index (χ0n) is 10.5. The van der Waals surface area contributed by atoms with Gasteiger partial charge in [0.1, 0.15) is 0 Å². The first-order valence-corrected chi connectivity index (χ1v) is 6.21. The molecule has 0 saturated carbocycles. The molecule has 1 aromatic rings. The van der Waals surface area contributed by atoms with Gasteiger partial charge in [-0.05, 0) is 37.1 Å². The minimum Gasteiger partial charge on any atom is -0.478 e. The molecule has 0 bridgehead atoms. The highest BCUT2D eigenvalue weighted by molar-refractivity contribution is 5.91. The molecule has 0 radical (unpaired) electrons. The summed E-state index contributed by atoms with van der Waals surface area (Å²) in [4.78, 5) is 24.4. The third-order valence-corrected chi connectivity index (χ3v) is 3.13. The van der Waals surface area contributed by atoms with E-state index in [0.29, 0.717) is 18.8 Å². The maximum atomic E-state index is 12.0. The average Bonchev–Trinajstić information content (AvgIpc) is 2.39. The SMILES string of the molecule is NC1CCCN(C(=O)Nc2ccc(C(=O)O)cc2)C1. The lowest BCUT2D eigenvalue weighted by Crippen LogP contribution is -2.47. The first-order chi connectivity index (χ1) is 9.06. The number of amides is 2. The molecule has 1 aromatic carbocycles. The highest BCUT2D eigenvalue weighted by Crippen LogP contribution is 2.13. The van der Waals surface area contributed by atoms with Crippen molar-refractivity contribution in [1.29, 1.82) is 0 Å². The molecule has 6 nitrogen and oxygen atoms in total. The summed E-state index contributed by atoms with van der Waals surface area (Å²) in [5.74, 6) is -0.986. The van der Waals surface area contributed by atoms with Crippen LogP contribution in [0.25, 0.3) is 0 Å². The quantitative estimate of drug-likeness (QED) is 0.750. The number of likely N-dealkylation sites (tertiary alicyclic amines) is 1. The summed E-state index contributed by atoms with van der Waals surface area (Å²) in [5.41, 5.74) is 6.59. The molecule has 19 heavy (non-hydrogen) atoms. The Bertz CT molecular complexity index is 473. The van der Waals surface area contributed by atoms with E-state index in [-0.39, 0.29) is 17.6 Å². The number of nitrogens with two attached hydrogens (primary N) is 1. The van der Waals surface area contributed by atoms with E-state index in [1.165, 1.54) is 12.1 Å². The molecule has 102 valence electrons. The fraction of sp³-hybridized carbons (Fsp3) is 0.385. The molecule has 0 aromatic heterocycles. The fourth-order valence-electron chi connectivity index (χ4n) is 2.09. The lowest BCUT2D eigenvalue weighted by Gasteiger charge is -2.30. The van der Waals surface area contributed by atoms with Gasteiger partial charge < -0.3 is 21.1 Å². The van der Waals surface area contributed by atoms with E-state index in [0.717, 1.165) is 12.8 Å². The number of urea groups is 1. The smallest absolute Gasteiger partial charge is 0.335 e. The van der Waals surface area contributed by atoms with Gasteiger partial charge in [-0.15, -0.1) is 0 Å². The monoisotopic (exact) mass is 263 g/mol. The summed E-state index contributed by atoms with van der Waals surface area (Å²) in [6.45, 7) is 1.26. The molecule has 1 saturated heterocycles. The van der Waals surface area contributed by atoms with Gasteiger partial charge in [0.2, 0.25) is 0 Å². The maximum Gasteiger partial charge on any atom is 0.335 e. The second-order valence-corrected chi connectivity index (χ2v) is 4.66. The highest BCUT2D eigenvalue weighted by atomic mass is 16.4. The van der Waals surface area contributed by atoms with Crippen LogP contribution in [-0.4, -0.2) is 41.1 Å². The van der Waals surface area contributed by atoms with Crippen molar-refractivity contribution in [3.05, 3.63) is 29.8 Å². The van der Waals surface area contributed by atoms with Crippen molar-refractivity contribution in [3.8, 4) is 0 Å². The van der Waals surface area contributed by atoms with Crippen molar-refractivity contribution in [3.63, 3.8) is 0 Å². The molecule has 2 rings (SSSR count). The minimum atomic E-state index is -0.986. The van der Waals surface area contributed by atoms with Gasteiger partial charge in [0, 0.05) is 24.8 Å². The number of benzene rings is 1. The molecule has 1 unspecified atom stereocenters. The van der Waals surface area contributed by atoms with Crippen LogP contribution in [0.2, 0.25) is 0 Å². The van der Waals surface area contributed by atoms with E-state index in [9.17, 15) is 9.59 Å². The van der Waals surface area contributed by atoms with Gasteiger partial charge in [-0.25, -0.2) is 9.59 Å². The second kappa shape index (κ2) is 5.71. The fourth-order valence-corrected chi connectivity index (χ4v) is 2.09. The Labute approximate surface area is 111 Å². The van der Waals surface area contributed by atoms with E-state index in [1.807, 2.05) is 0 Å². The summed E-state index contributed by atoms with van der Waals surface area (Å²) >= 11 is 0. The van der Waals surface area contributed by atoms with Crippen molar-refractivity contribution in [2.24, 2.45) is 5.73 Å². The zero-order chi connectivity index (χ0) is 13.8. The van der Waals surface area contributed by atoms with Crippen LogP contribution in [0.15, 0.2) is 24.3 Å². The first kappa shape index (κ1) is 13.4. The second-order valence-electron chi connectivity index (χ2n) is 4.66. The highest BCUT2D eigenvalue weighted by Gasteiger charge is 2.21. The summed E-state index contributed by atoms with van der Waals surface area (Å²) < 4.78 is 0. The number of nitrogens with one attached hydrogen (secondary N) is 1. The largest absolute Gasteiger partial charge is 0.478 e. The van der Waals surface area contributed by atoms with E-state index < -0.39 is 5.97 Å². The lowest BCUT2D eigenvalue weighted by atomic mass is 10.1. The standard InChI is InChI=1S/C13H17N3O3/c14-10-2-1-7-16(8-10)13(19)15-11-5-3-9(4-6-11)12(17)18/h3-6,10H,1-2,7-8,14H2,(H,15,19)(H,17,18). The Hall–Kier alpha value is -2.08. The van der Waals surface area contributed by atoms with Gasteiger partial charge in [-0.3, -0.25) is 0 Å². The van der Waals surface area contributed by atoms with Gasteiger partial charge in [-0.2, -0.15) is 0 Å². The Morgan fingerprint density at radius 1 is 1.32 bits per heavy atom. The molecule has 0 aliphatic carbocycles. The number of carboxylic acid groups (broad SMARTS) is 1. The predicted molar refractivity (Wildman–Crippen MR) is 71.2 cm³/mol. The number of carbonyl (C=O) groups excluding carboxylic acids is 1. The lowest BCUT2D eigenvalue weighted by molar-refractivity contribution is 0.0697. The number of carboxylic acids is 1. The van der Waals surface area contributed by atoms with Gasteiger partial charge in [-0.1, -0.05) is 0 Å². The van der Waals surface area contributed by atoms with Gasteiger partial charge in [0.15, 0.2) is 0 Å². The number of rotatable bonds is 2. The van der Waals surface area contributed by atoms with E-state index >= 15 is 0 Å². The minimum absolute atomic E-state index is 0.0360. The number of hydrogen-bond acceptors (Lipinski definition) is 3. The molecule has 1 heterocycles. The van der Waals surface area contributed by atoms with Crippen LogP contribution >= 0.6 is 0 Å². The first-order valence-electron chi connectivity index (χ1n) is 6.21. The Kier molecular flexibility index (Phi) is 4.01. The third kappa shape index (κ3) is 3.45. The Morgan fingerprint density at radius 2 is 2.00 bits per heavy atom. The summed E-state index contributed by atoms with van der Waals surface area (Å²) in [6, 6.07) is 5.91. The molecular formula is C13H17N3O3. The summed E-state index contributed by atoms with van der Waals surface area (Å²) in [7, 11) is 0. The predicted octanol–water partition coefficient (Wildman–Crippen LogP) is 1.34. The van der Waals surface area contributed by atoms with Crippen LogP contribution in [0.5, 0.6) is 0 Å². The van der Waals surface area contributed by atoms with Gasteiger partial charge in [0.05, 0.1) is 5.56 Å². The zero-order valence-corrected chi connectivity index (χ0v) is 10.5. The number of hydrogen-bond donors (Lipinski definition) is 3. The van der Waals surface area contributed by atoms with Crippen molar-refractivity contribution >= 4 is 17.7 Å². The van der Waals surface area contributed by atoms with Crippen molar-refractivity contribution in [2.45, 2.75) is 18.9 Å². The normalized spacial score (nSPS) is 19.0. The van der Waals surface area contributed by atoms with Crippen LogP contribution in [-0.2, 0) is 0 Å². The average molecular weight is 263 g/mol. The van der Waals surface area contributed by atoms with Crippen LogP contribution in [0.4, 0.5) is 10.5 Å². The molecular weight excluding hydrogens is 246 g/mol. The van der Waals surface area contributed by atoms with Crippen LogP contribution < -0.4 is 11.1 Å². The molecule has 0 spiro atoms. The number of piperidine rings is 1. The molecule has 1 aliphatic heterocycles. The summed E-state index contributed by atoms with van der Waals surface area (Å²) in [6.07, 6.45) is 1.85. The Morgan fingerprint density at radius 3 is 2.58 bits per heavy atom. The summed E-state index contributed by atoms with van der Waals surface area (Å²) in [5, 5.41) is 11.5. The molecule has 4 N–H and O–H groups in total. The van der Waals surface area contributed by atoms with Crippen molar-refractivity contribution in [2.75, 3.05) is 18.4 Å². The molecule has 1 fully saturated rings. The van der Waals surface area contributed by atoms with Crippen molar-refractivity contribution < 1.29 is 14.7 Å². The number of carbonyl (C=O) groups is 2. The molecule has 2 amide bonds. The van der Waals surface area contributed by atoms with Gasteiger partial charge >= 0.3 is 12.0 Å². The van der Waals surface area contributed by atoms with E-state index in [1.54, 1.807) is 17.0 Å². The Balaban J connectivity index is 1.96. The number of anilines is 1. The van der Waals surface area contributed by atoms with E-state index in [2.05, 4.69) is 5.32 Å². The topological polar surface area (TPSA) is 95.7 Å². The van der Waals surface area contributed by atoms with Crippen LogP contribution in [0.1, 0.15) is 23.2 Å². The van der Waals surface area contributed by atoms with Crippen molar-refractivity contribution in [1.82, 2.24) is 4.90 Å². The third-order valence-electron chi connectivity index (χ3n) is 3.13. The van der Waals surface area contributed by atoms with Gasteiger partial charge in [0.25, 0.3) is 0 Å². The van der Waals surface area contributed by atoms with E-state index in [4.69, 9.17) is 10.8 Å². The number of aromatic carboxylic acids is 1. The molecule has 1 aliphatic rings. The van der Waals surface area contributed by atoms with Crippen LogP contribution in [0, 0.1) is 0 Å². The molecule has 6 heteroatoms. The maximum absolute atomic E-state index is 12.0. The molecule has 1 atom stereocenters.